The highest BCUT2D eigenvalue weighted by Crippen LogP contribution is 2.42. The molecule has 0 aromatic heterocycles. The summed E-state index contributed by atoms with van der Waals surface area (Å²) < 4.78 is 18.9. The van der Waals surface area contributed by atoms with Crippen molar-refractivity contribution >= 4 is 5.91 Å². The Morgan fingerprint density at radius 3 is 2.27 bits per heavy atom. The molecule has 0 unspecified atom stereocenters. The van der Waals surface area contributed by atoms with Crippen LogP contribution in [0.4, 0.5) is 0 Å². The molecule has 7 nitrogen and oxygen atoms in total. The van der Waals surface area contributed by atoms with E-state index in [1.54, 1.807) is 0 Å². The molecule has 4 aromatic carbocycles. The van der Waals surface area contributed by atoms with Crippen molar-refractivity contribution in [3.8, 4) is 11.1 Å². The molecule has 0 radical (unpaired) electrons. The molecule has 0 saturated carbocycles. The van der Waals surface area contributed by atoms with Gasteiger partial charge in [0.2, 0.25) is 0 Å². The van der Waals surface area contributed by atoms with E-state index in [0.717, 1.165) is 66.2 Å². The summed E-state index contributed by atoms with van der Waals surface area (Å²) in [5.74, 6) is 0.0511. The molecule has 2 saturated heterocycles. The van der Waals surface area contributed by atoms with Crippen molar-refractivity contribution in [2.75, 3.05) is 32.8 Å². The van der Waals surface area contributed by atoms with E-state index in [-0.39, 0.29) is 30.6 Å². The summed E-state index contributed by atoms with van der Waals surface area (Å²) in [6.07, 6.45) is -0.667. The van der Waals surface area contributed by atoms with Crippen LogP contribution in [0.1, 0.15) is 51.9 Å². The molecule has 6 rings (SSSR count). The smallest absolute Gasteiger partial charge is 0.251 e. The molecule has 2 aliphatic rings. The van der Waals surface area contributed by atoms with Crippen LogP contribution < -0.4 is 5.32 Å². The maximum Gasteiger partial charge on any atom is 0.251 e. The summed E-state index contributed by atoms with van der Waals surface area (Å²) in [7, 11) is 0. The van der Waals surface area contributed by atoms with Gasteiger partial charge < -0.3 is 24.6 Å². The Morgan fingerprint density at radius 1 is 0.818 bits per heavy atom. The van der Waals surface area contributed by atoms with E-state index in [4.69, 9.17) is 14.2 Å². The highest BCUT2D eigenvalue weighted by atomic mass is 16.7. The van der Waals surface area contributed by atoms with Gasteiger partial charge in [-0.1, -0.05) is 91.9 Å². The zero-order chi connectivity index (χ0) is 30.3. The Kier molecular flexibility index (Phi) is 9.80. The Bertz CT molecular complexity index is 1500. The van der Waals surface area contributed by atoms with Crippen molar-refractivity contribution in [3.63, 3.8) is 0 Å². The van der Waals surface area contributed by atoms with E-state index in [0.29, 0.717) is 12.1 Å². The van der Waals surface area contributed by atoms with E-state index in [1.165, 1.54) is 0 Å². The van der Waals surface area contributed by atoms with Crippen LogP contribution in [0, 0.1) is 5.92 Å². The number of hydrogen-bond acceptors (Lipinski definition) is 6. The molecule has 0 aliphatic carbocycles. The van der Waals surface area contributed by atoms with Crippen LogP contribution in [-0.4, -0.2) is 54.9 Å². The third-order valence-electron chi connectivity index (χ3n) is 8.60. The van der Waals surface area contributed by atoms with Crippen LogP contribution in [0.5, 0.6) is 0 Å². The van der Waals surface area contributed by atoms with Crippen molar-refractivity contribution in [1.82, 2.24) is 10.2 Å². The number of carbonyl (C=O) groups excluding carboxylic acids is 1. The second-order valence-electron chi connectivity index (χ2n) is 11.6. The average Bonchev–Trinajstić information content (AvgIpc) is 3.09. The van der Waals surface area contributed by atoms with Gasteiger partial charge in [0.25, 0.3) is 5.91 Å². The van der Waals surface area contributed by atoms with Crippen LogP contribution in [0.2, 0.25) is 0 Å². The molecular formula is C37H40N2O5. The van der Waals surface area contributed by atoms with Crippen molar-refractivity contribution < 1.29 is 24.1 Å². The lowest BCUT2D eigenvalue weighted by Crippen LogP contribution is -2.47. The van der Waals surface area contributed by atoms with E-state index in [1.807, 2.05) is 54.6 Å². The first kappa shape index (κ1) is 30.2. The Hall–Kier alpha value is -3.85. The number of morpholine rings is 1. The van der Waals surface area contributed by atoms with E-state index >= 15 is 0 Å². The summed E-state index contributed by atoms with van der Waals surface area (Å²) in [4.78, 5) is 14.9. The largest absolute Gasteiger partial charge is 0.392 e. The van der Waals surface area contributed by atoms with Gasteiger partial charge in [-0.2, -0.15) is 0 Å². The summed E-state index contributed by atoms with van der Waals surface area (Å²) in [5, 5.41) is 12.5. The van der Waals surface area contributed by atoms with Gasteiger partial charge in [-0.3, -0.25) is 9.69 Å². The highest BCUT2D eigenvalue weighted by Gasteiger charge is 2.39. The van der Waals surface area contributed by atoms with E-state index in [9.17, 15) is 9.90 Å². The van der Waals surface area contributed by atoms with Gasteiger partial charge >= 0.3 is 0 Å². The standard InChI is InChI=1S/C37H40N2O5/c1-26-34(24-39-18-20-42-21-19-39)43-37(44-35(26)30-12-10-27(25-40)11-13-30)32-16-14-29(15-17-32)33-9-5-6-28(22-33)23-38-36(41)31-7-3-2-4-8-31/h2-17,22,26,34-35,37,40H,18-21,23-25H2,1H3,(H,38,41)/t26-,34+,35+,37+/m0/s1. The maximum absolute atomic E-state index is 12.5. The number of benzene rings is 4. The van der Waals surface area contributed by atoms with Gasteiger partial charge in [0, 0.05) is 43.2 Å². The number of carbonyl (C=O) groups is 1. The van der Waals surface area contributed by atoms with Gasteiger partial charge in [0.1, 0.15) is 0 Å². The number of amides is 1. The first-order chi connectivity index (χ1) is 21.6. The highest BCUT2D eigenvalue weighted by molar-refractivity contribution is 5.94. The topological polar surface area (TPSA) is 80.3 Å². The van der Waals surface area contributed by atoms with Gasteiger partial charge in [-0.25, -0.2) is 0 Å². The van der Waals surface area contributed by atoms with Crippen LogP contribution in [-0.2, 0) is 27.4 Å². The van der Waals surface area contributed by atoms with Crippen LogP contribution >= 0.6 is 0 Å². The average molecular weight is 593 g/mol. The van der Waals surface area contributed by atoms with E-state index < -0.39 is 6.29 Å². The zero-order valence-electron chi connectivity index (χ0n) is 25.1. The third kappa shape index (κ3) is 7.26. The molecule has 0 bridgehead atoms. The molecule has 2 heterocycles. The number of nitrogens with zero attached hydrogens (tertiary/aromatic N) is 1. The van der Waals surface area contributed by atoms with Crippen molar-refractivity contribution in [1.29, 1.82) is 0 Å². The number of hydrogen-bond donors (Lipinski definition) is 2. The third-order valence-corrected chi connectivity index (χ3v) is 8.60. The lowest BCUT2D eigenvalue weighted by atomic mass is 9.90. The predicted molar refractivity (Wildman–Crippen MR) is 170 cm³/mol. The molecule has 44 heavy (non-hydrogen) atoms. The number of aliphatic hydroxyl groups excluding tert-OH is 1. The molecule has 4 atom stereocenters. The van der Waals surface area contributed by atoms with Crippen molar-refractivity contribution in [2.24, 2.45) is 5.92 Å². The minimum absolute atomic E-state index is 0.0168. The van der Waals surface area contributed by atoms with Gasteiger partial charge in [0.05, 0.1) is 32.0 Å². The minimum Gasteiger partial charge on any atom is -0.392 e. The van der Waals surface area contributed by atoms with Crippen molar-refractivity contribution in [3.05, 3.63) is 131 Å². The van der Waals surface area contributed by atoms with Crippen LogP contribution in [0.3, 0.4) is 0 Å². The summed E-state index contributed by atoms with van der Waals surface area (Å²) >= 11 is 0. The summed E-state index contributed by atoms with van der Waals surface area (Å²) in [6.45, 7) is 6.78. The quantitative estimate of drug-likeness (QED) is 0.252. The number of nitrogens with one attached hydrogen (secondary N) is 1. The molecule has 2 fully saturated rings. The molecule has 228 valence electrons. The fraction of sp³-hybridized carbons (Fsp3) is 0.324. The Balaban J connectivity index is 1.17. The fourth-order valence-corrected chi connectivity index (χ4v) is 5.93. The normalized spacial score (nSPS) is 22.4. The first-order valence-corrected chi connectivity index (χ1v) is 15.4. The molecule has 7 heteroatoms. The molecule has 2 aliphatic heterocycles. The fourth-order valence-electron chi connectivity index (χ4n) is 5.93. The summed E-state index contributed by atoms with van der Waals surface area (Å²) in [5.41, 5.74) is 6.78. The minimum atomic E-state index is -0.506. The number of rotatable bonds is 9. The van der Waals surface area contributed by atoms with Gasteiger partial charge in [-0.15, -0.1) is 0 Å². The maximum atomic E-state index is 12.5. The number of ether oxygens (including phenoxy) is 3. The zero-order valence-corrected chi connectivity index (χ0v) is 25.1. The lowest BCUT2D eigenvalue weighted by Gasteiger charge is -2.43. The Morgan fingerprint density at radius 2 is 1.55 bits per heavy atom. The van der Waals surface area contributed by atoms with Crippen molar-refractivity contribution in [2.45, 2.75) is 38.6 Å². The van der Waals surface area contributed by atoms with Gasteiger partial charge in [-0.05, 0) is 46.0 Å². The molecule has 1 amide bonds. The van der Waals surface area contributed by atoms with Crippen LogP contribution in [0.25, 0.3) is 11.1 Å². The van der Waals surface area contributed by atoms with E-state index in [2.05, 4.69) is 65.7 Å². The SMILES string of the molecule is C[C@H]1[C@@H](CN2CCOCC2)O[C@@H](c2ccc(-c3cccc(CNC(=O)c4ccccc4)c3)cc2)O[C@H]1c1ccc(CO)cc1. The second-order valence-corrected chi connectivity index (χ2v) is 11.6. The van der Waals surface area contributed by atoms with Crippen LogP contribution in [0.15, 0.2) is 103 Å². The molecule has 2 N–H and O–H groups in total. The first-order valence-electron chi connectivity index (χ1n) is 15.4. The molecule has 4 aromatic rings. The van der Waals surface area contributed by atoms with Gasteiger partial charge in [0.15, 0.2) is 6.29 Å². The molecule has 0 spiro atoms. The number of aliphatic hydroxyl groups is 1. The predicted octanol–water partition coefficient (Wildman–Crippen LogP) is 5.90. The lowest BCUT2D eigenvalue weighted by molar-refractivity contribution is -0.277. The second kappa shape index (κ2) is 14.3. The monoisotopic (exact) mass is 592 g/mol. The molecular weight excluding hydrogens is 552 g/mol. The Labute approximate surface area is 259 Å². The summed E-state index contributed by atoms with van der Waals surface area (Å²) in [6, 6.07) is 33.9.